The van der Waals surface area contributed by atoms with E-state index in [1.165, 1.54) is 5.06 Å². The number of hydrogen-bond donors (Lipinski definition) is 0. The van der Waals surface area contributed by atoms with Gasteiger partial charge < -0.3 is 4.57 Å². The number of fused-ring (bicyclic) bond motifs is 1. The monoisotopic (exact) mass is 230 g/mol. The van der Waals surface area contributed by atoms with Gasteiger partial charge in [-0.2, -0.15) is 0 Å². The number of aromatic nitrogens is 1. The number of carbonyl (C=O) groups excluding carboxylic acids is 1. The number of carbonyl (C=O) groups is 1. The molecule has 0 saturated carbocycles. The van der Waals surface area contributed by atoms with Gasteiger partial charge in [-0.25, -0.2) is 5.06 Å². The van der Waals surface area contributed by atoms with Gasteiger partial charge in [-0.3, -0.25) is 9.63 Å². The number of hydrogen-bond acceptors (Lipinski definition) is 2. The number of amides is 1. The van der Waals surface area contributed by atoms with Gasteiger partial charge in [-0.1, -0.05) is 18.2 Å². The first-order valence-corrected chi connectivity index (χ1v) is 5.76. The van der Waals surface area contributed by atoms with Gasteiger partial charge in [0, 0.05) is 24.1 Å². The summed E-state index contributed by atoms with van der Waals surface area (Å²) in [6.07, 6.45) is 2.78. The highest BCUT2D eigenvalue weighted by Crippen LogP contribution is 2.22. The number of hydroxylamine groups is 2. The number of nitrogens with zero attached hydrogens (tertiary/aromatic N) is 2. The molecule has 1 fully saturated rings. The van der Waals surface area contributed by atoms with E-state index in [4.69, 9.17) is 4.84 Å². The molecule has 17 heavy (non-hydrogen) atoms. The van der Waals surface area contributed by atoms with Gasteiger partial charge in [-0.15, -0.1) is 0 Å². The lowest BCUT2D eigenvalue weighted by Crippen LogP contribution is -2.26. The predicted octanol–water partition coefficient (Wildman–Crippen LogP) is 1.96. The Kier molecular flexibility index (Phi) is 2.37. The van der Waals surface area contributed by atoms with Crippen LogP contribution < -0.4 is 0 Å². The van der Waals surface area contributed by atoms with E-state index in [0.29, 0.717) is 18.7 Å². The Labute approximate surface area is 99.3 Å². The van der Waals surface area contributed by atoms with Gasteiger partial charge in [0.2, 0.25) is 0 Å². The highest BCUT2D eigenvalue weighted by atomic mass is 16.7. The molecule has 1 saturated heterocycles. The fourth-order valence-corrected chi connectivity index (χ4v) is 2.25. The van der Waals surface area contributed by atoms with E-state index in [9.17, 15) is 4.79 Å². The number of rotatable bonds is 1. The molecule has 0 atom stereocenters. The van der Waals surface area contributed by atoms with E-state index in [1.54, 1.807) is 0 Å². The third-order valence-electron chi connectivity index (χ3n) is 3.11. The average Bonchev–Trinajstić information content (AvgIpc) is 2.97. The van der Waals surface area contributed by atoms with Crippen molar-refractivity contribution in [2.45, 2.75) is 6.42 Å². The molecule has 1 aliphatic rings. The summed E-state index contributed by atoms with van der Waals surface area (Å²) in [5, 5.41) is 2.44. The van der Waals surface area contributed by atoms with Crippen LogP contribution in [0, 0.1) is 0 Å². The van der Waals surface area contributed by atoms with Crippen LogP contribution in [0.4, 0.5) is 0 Å². The third-order valence-corrected chi connectivity index (χ3v) is 3.11. The first-order chi connectivity index (χ1) is 8.27. The Morgan fingerprint density at radius 2 is 2.18 bits per heavy atom. The second-order valence-electron chi connectivity index (χ2n) is 4.26. The molecule has 0 unspecified atom stereocenters. The summed E-state index contributed by atoms with van der Waals surface area (Å²) >= 11 is 0. The summed E-state index contributed by atoms with van der Waals surface area (Å²) in [6, 6.07) is 7.91. The highest BCUT2D eigenvalue weighted by Gasteiger charge is 2.23. The fourth-order valence-electron chi connectivity index (χ4n) is 2.25. The van der Waals surface area contributed by atoms with Gasteiger partial charge in [0.15, 0.2) is 0 Å². The number of benzene rings is 1. The van der Waals surface area contributed by atoms with Crippen molar-refractivity contribution in [2.75, 3.05) is 13.2 Å². The van der Waals surface area contributed by atoms with E-state index in [2.05, 4.69) is 0 Å². The Balaban J connectivity index is 2.08. The van der Waals surface area contributed by atoms with Crippen LogP contribution in [0.2, 0.25) is 0 Å². The average molecular weight is 230 g/mol. The van der Waals surface area contributed by atoms with Crippen LogP contribution in [0.25, 0.3) is 10.9 Å². The van der Waals surface area contributed by atoms with Crippen molar-refractivity contribution in [1.82, 2.24) is 9.63 Å². The first-order valence-electron chi connectivity index (χ1n) is 5.76. The van der Waals surface area contributed by atoms with Crippen molar-refractivity contribution >= 4 is 16.8 Å². The Hall–Kier alpha value is -1.81. The second kappa shape index (κ2) is 3.89. The molecule has 1 aliphatic heterocycles. The maximum atomic E-state index is 12.3. The molecule has 0 spiro atoms. The number of para-hydroxylation sites is 1. The summed E-state index contributed by atoms with van der Waals surface area (Å²) < 4.78 is 1.97. The number of aryl methyl sites for hydroxylation is 1. The van der Waals surface area contributed by atoms with Crippen molar-refractivity contribution in [3.05, 3.63) is 36.0 Å². The molecule has 0 bridgehead atoms. The maximum absolute atomic E-state index is 12.3. The Morgan fingerprint density at radius 1 is 1.35 bits per heavy atom. The predicted molar refractivity (Wildman–Crippen MR) is 64.5 cm³/mol. The summed E-state index contributed by atoms with van der Waals surface area (Å²) in [4.78, 5) is 17.6. The van der Waals surface area contributed by atoms with Crippen molar-refractivity contribution in [3.8, 4) is 0 Å². The quantitative estimate of drug-likeness (QED) is 0.750. The normalized spacial score (nSPS) is 15.7. The van der Waals surface area contributed by atoms with E-state index in [-0.39, 0.29) is 5.91 Å². The van der Waals surface area contributed by atoms with Crippen LogP contribution in [0.15, 0.2) is 30.5 Å². The molecule has 1 amide bonds. The SMILES string of the molecule is Cn1cc(C(=O)N2CCCO2)c2ccccc21. The fraction of sp³-hybridized carbons (Fsp3) is 0.308. The summed E-state index contributed by atoms with van der Waals surface area (Å²) in [7, 11) is 1.95. The zero-order valence-electron chi connectivity index (χ0n) is 9.72. The molecule has 0 N–H and O–H groups in total. The van der Waals surface area contributed by atoms with Crippen LogP contribution in [0.1, 0.15) is 16.8 Å². The van der Waals surface area contributed by atoms with Gasteiger partial charge in [0.05, 0.1) is 18.7 Å². The Bertz CT molecular complexity index is 568. The molecule has 3 rings (SSSR count). The highest BCUT2D eigenvalue weighted by molar-refractivity contribution is 6.06. The van der Waals surface area contributed by atoms with Crippen molar-refractivity contribution in [3.63, 3.8) is 0 Å². The molecule has 1 aromatic carbocycles. The summed E-state index contributed by atoms with van der Waals surface area (Å²) in [5.74, 6) is -0.0423. The Morgan fingerprint density at radius 3 is 2.94 bits per heavy atom. The summed E-state index contributed by atoms with van der Waals surface area (Å²) in [6.45, 7) is 1.32. The van der Waals surface area contributed by atoms with Crippen molar-refractivity contribution in [2.24, 2.45) is 7.05 Å². The van der Waals surface area contributed by atoms with Crippen LogP contribution in [-0.4, -0.2) is 28.7 Å². The molecule has 2 aromatic rings. The van der Waals surface area contributed by atoms with Crippen LogP contribution >= 0.6 is 0 Å². The minimum atomic E-state index is -0.0423. The van der Waals surface area contributed by atoms with Crippen LogP contribution in [-0.2, 0) is 11.9 Å². The maximum Gasteiger partial charge on any atom is 0.279 e. The van der Waals surface area contributed by atoms with Crippen LogP contribution in [0.3, 0.4) is 0 Å². The second-order valence-corrected chi connectivity index (χ2v) is 4.26. The lowest BCUT2D eigenvalue weighted by Gasteiger charge is -2.12. The van der Waals surface area contributed by atoms with E-state index < -0.39 is 0 Å². The van der Waals surface area contributed by atoms with Gasteiger partial charge in [0.25, 0.3) is 5.91 Å². The molecular formula is C13H14N2O2. The molecular weight excluding hydrogens is 216 g/mol. The van der Waals surface area contributed by atoms with Gasteiger partial charge >= 0.3 is 0 Å². The van der Waals surface area contributed by atoms with Crippen molar-refractivity contribution in [1.29, 1.82) is 0 Å². The van der Waals surface area contributed by atoms with E-state index in [0.717, 1.165) is 17.3 Å². The van der Waals surface area contributed by atoms with Gasteiger partial charge in [0.1, 0.15) is 0 Å². The van der Waals surface area contributed by atoms with Crippen LogP contribution in [0.5, 0.6) is 0 Å². The third kappa shape index (κ3) is 1.61. The molecule has 1 aromatic heterocycles. The zero-order chi connectivity index (χ0) is 11.8. The minimum Gasteiger partial charge on any atom is -0.350 e. The molecule has 4 heteroatoms. The molecule has 0 radical (unpaired) electrons. The summed E-state index contributed by atoms with van der Waals surface area (Å²) in [5.41, 5.74) is 1.78. The largest absolute Gasteiger partial charge is 0.350 e. The minimum absolute atomic E-state index is 0.0423. The zero-order valence-corrected chi connectivity index (χ0v) is 9.72. The van der Waals surface area contributed by atoms with E-state index >= 15 is 0 Å². The molecule has 0 aliphatic carbocycles. The first kappa shape index (κ1) is 10.4. The molecule has 2 heterocycles. The van der Waals surface area contributed by atoms with Crippen molar-refractivity contribution < 1.29 is 9.63 Å². The lowest BCUT2D eigenvalue weighted by molar-refractivity contribution is -0.0767. The molecule has 4 nitrogen and oxygen atoms in total. The smallest absolute Gasteiger partial charge is 0.279 e. The molecule has 88 valence electrons. The topological polar surface area (TPSA) is 34.5 Å². The lowest BCUT2D eigenvalue weighted by atomic mass is 10.1. The standard InChI is InChI=1S/C13H14N2O2/c1-14-9-11(10-5-2-3-6-12(10)14)13(16)15-7-4-8-17-15/h2-3,5-6,9H,4,7-8H2,1H3. The van der Waals surface area contributed by atoms with Gasteiger partial charge in [-0.05, 0) is 12.5 Å². The van der Waals surface area contributed by atoms with E-state index in [1.807, 2.05) is 42.1 Å².